The Hall–Kier alpha value is -0.520. The Labute approximate surface area is 129 Å². The van der Waals surface area contributed by atoms with Crippen LogP contribution in [0.1, 0.15) is 10.4 Å². The number of thioether (sulfide) groups is 1. The third-order valence-electron chi connectivity index (χ3n) is 2.33. The maximum atomic E-state index is 12.0. The Morgan fingerprint density at radius 3 is 2.56 bits per heavy atom. The van der Waals surface area contributed by atoms with E-state index in [4.69, 9.17) is 11.6 Å². The second kappa shape index (κ2) is 6.59. The van der Waals surface area contributed by atoms with Gasteiger partial charge in [-0.15, -0.1) is 11.8 Å². The molecule has 0 fully saturated rings. The van der Waals surface area contributed by atoms with E-state index in [1.54, 1.807) is 0 Å². The summed E-state index contributed by atoms with van der Waals surface area (Å²) >= 11 is 9.62. The molecule has 1 nitrogen and oxygen atoms in total. The van der Waals surface area contributed by atoms with E-state index in [0.29, 0.717) is 10.8 Å². The largest absolute Gasteiger partial charge is 0.293 e. The number of hydrogen-bond acceptors (Lipinski definition) is 2. The summed E-state index contributed by atoms with van der Waals surface area (Å²) in [6.07, 6.45) is 0. The average molecular weight is 389 g/mol. The molecule has 0 unspecified atom stereocenters. The van der Waals surface area contributed by atoms with Crippen LogP contribution >= 0.6 is 46.0 Å². The van der Waals surface area contributed by atoms with Gasteiger partial charge in [0, 0.05) is 19.1 Å². The lowest BCUT2D eigenvalue weighted by Crippen LogP contribution is -2.01. The van der Waals surface area contributed by atoms with E-state index in [2.05, 4.69) is 22.6 Å². The molecule has 0 saturated heterocycles. The van der Waals surface area contributed by atoms with Gasteiger partial charge in [0.2, 0.25) is 0 Å². The zero-order valence-electron chi connectivity index (χ0n) is 9.40. The van der Waals surface area contributed by atoms with Crippen molar-refractivity contribution in [2.75, 3.05) is 5.75 Å². The number of Topliss-reactive ketones (excluding diaryl/α,β-unsaturated/α-hetero) is 1. The molecule has 0 atom stereocenters. The van der Waals surface area contributed by atoms with E-state index in [1.165, 1.54) is 11.8 Å². The second-order valence-electron chi connectivity index (χ2n) is 3.68. The Morgan fingerprint density at radius 2 is 1.89 bits per heavy atom. The van der Waals surface area contributed by atoms with Gasteiger partial charge in [0.15, 0.2) is 5.78 Å². The molecule has 0 aliphatic rings. The van der Waals surface area contributed by atoms with Crippen molar-refractivity contribution in [3.05, 3.63) is 62.7 Å². The summed E-state index contributed by atoms with van der Waals surface area (Å²) in [6, 6.07) is 15.2. The van der Waals surface area contributed by atoms with Crippen LogP contribution in [0.15, 0.2) is 53.4 Å². The molecule has 0 N–H and O–H groups in total. The number of ketones is 1. The van der Waals surface area contributed by atoms with E-state index >= 15 is 0 Å². The van der Waals surface area contributed by atoms with Gasteiger partial charge >= 0.3 is 0 Å². The van der Waals surface area contributed by atoms with Crippen molar-refractivity contribution < 1.29 is 4.79 Å². The van der Waals surface area contributed by atoms with Crippen molar-refractivity contribution in [2.45, 2.75) is 4.90 Å². The van der Waals surface area contributed by atoms with Crippen molar-refractivity contribution in [2.24, 2.45) is 0 Å². The van der Waals surface area contributed by atoms with E-state index in [-0.39, 0.29) is 5.78 Å². The first-order valence-electron chi connectivity index (χ1n) is 5.32. The number of halogens is 2. The highest BCUT2D eigenvalue weighted by Gasteiger charge is 2.06. The maximum Gasteiger partial charge on any atom is 0.173 e. The highest BCUT2D eigenvalue weighted by molar-refractivity contribution is 14.1. The predicted molar refractivity (Wildman–Crippen MR) is 85.7 cm³/mol. The van der Waals surface area contributed by atoms with Gasteiger partial charge < -0.3 is 0 Å². The van der Waals surface area contributed by atoms with Crippen LogP contribution in [0.5, 0.6) is 0 Å². The predicted octanol–water partition coefficient (Wildman–Crippen LogP) is 4.92. The molecule has 0 aliphatic carbocycles. The van der Waals surface area contributed by atoms with E-state index in [9.17, 15) is 4.79 Å². The van der Waals surface area contributed by atoms with Gasteiger partial charge in [-0.3, -0.25) is 4.79 Å². The smallest absolute Gasteiger partial charge is 0.173 e. The van der Waals surface area contributed by atoms with Gasteiger partial charge in [0.05, 0.1) is 5.75 Å². The third kappa shape index (κ3) is 4.00. The van der Waals surface area contributed by atoms with Crippen molar-refractivity contribution in [1.82, 2.24) is 0 Å². The molecule has 0 spiro atoms. The lowest BCUT2D eigenvalue weighted by molar-refractivity contribution is 0.102. The van der Waals surface area contributed by atoms with E-state index in [1.807, 2.05) is 48.5 Å². The van der Waals surface area contributed by atoms with Gasteiger partial charge in [0.25, 0.3) is 0 Å². The molecule has 4 heteroatoms. The van der Waals surface area contributed by atoms with Crippen LogP contribution in [0.25, 0.3) is 0 Å². The van der Waals surface area contributed by atoms with Crippen LogP contribution in [0, 0.1) is 3.57 Å². The van der Waals surface area contributed by atoms with Crippen LogP contribution in [-0.4, -0.2) is 11.5 Å². The minimum atomic E-state index is 0.136. The topological polar surface area (TPSA) is 17.1 Å². The molecule has 2 rings (SSSR count). The monoisotopic (exact) mass is 388 g/mol. The van der Waals surface area contributed by atoms with Crippen LogP contribution in [0.2, 0.25) is 5.02 Å². The lowest BCUT2D eigenvalue weighted by Gasteiger charge is -2.02. The fourth-order valence-electron chi connectivity index (χ4n) is 1.42. The van der Waals surface area contributed by atoms with E-state index in [0.717, 1.165) is 14.0 Å². The Balaban J connectivity index is 1.98. The number of rotatable bonds is 4. The number of carbonyl (C=O) groups excluding carboxylic acids is 1. The zero-order valence-corrected chi connectivity index (χ0v) is 13.1. The highest BCUT2D eigenvalue weighted by atomic mass is 127. The number of carbonyl (C=O) groups is 1. The molecule has 0 saturated carbocycles. The molecule has 2 aromatic carbocycles. The standard InChI is InChI=1S/C14H10ClIOS/c15-11-2-1-3-13(8-11)18-9-14(17)10-4-6-12(16)7-5-10/h1-8H,9H2. The van der Waals surface area contributed by atoms with Crippen molar-refractivity contribution in [3.8, 4) is 0 Å². The van der Waals surface area contributed by atoms with E-state index < -0.39 is 0 Å². The molecule has 92 valence electrons. The van der Waals surface area contributed by atoms with Gasteiger partial charge in [0.1, 0.15) is 0 Å². The minimum Gasteiger partial charge on any atom is -0.293 e. The number of hydrogen-bond donors (Lipinski definition) is 0. The Morgan fingerprint density at radius 1 is 1.17 bits per heavy atom. The number of benzene rings is 2. The van der Waals surface area contributed by atoms with Crippen LogP contribution < -0.4 is 0 Å². The molecule has 0 heterocycles. The summed E-state index contributed by atoms with van der Waals surface area (Å²) in [5.74, 6) is 0.567. The molecule has 2 aromatic rings. The molecule has 0 aliphatic heterocycles. The zero-order chi connectivity index (χ0) is 13.0. The van der Waals surface area contributed by atoms with Crippen molar-refractivity contribution in [1.29, 1.82) is 0 Å². The Kier molecular flexibility index (Phi) is 5.09. The van der Waals surface area contributed by atoms with Crippen molar-refractivity contribution >= 4 is 51.7 Å². The minimum absolute atomic E-state index is 0.136. The molecule has 18 heavy (non-hydrogen) atoms. The summed E-state index contributed by atoms with van der Waals surface area (Å²) in [6.45, 7) is 0. The van der Waals surface area contributed by atoms with Crippen LogP contribution in [0.3, 0.4) is 0 Å². The normalized spacial score (nSPS) is 10.3. The quantitative estimate of drug-likeness (QED) is 0.420. The molecular formula is C14H10ClIOS. The summed E-state index contributed by atoms with van der Waals surface area (Å²) in [5, 5.41) is 0.696. The summed E-state index contributed by atoms with van der Waals surface area (Å²) in [4.78, 5) is 13.0. The lowest BCUT2D eigenvalue weighted by atomic mass is 10.2. The molecular weight excluding hydrogens is 379 g/mol. The molecule has 0 bridgehead atoms. The van der Waals surface area contributed by atoms with Gasteiger partial charge in [-0.05, 0) is 52.9 Å². The van der Waals surface area contributed by atoms with Crippen molar-refractivity contribution in [3.63, 3.8) is 0 Å². The fourth-order valence-corrected chi connectivity index (χ4v) is 2.89. The second-order valence-corrected chi connectivity index (χ2v) is 6.41. The summed E-state index contributed by atoms with van der Waals surface area (Å²) < 4.78 is 1.13. The average Bonchev–Trinajstić information content (AvgIpc) is 2.37. The summed E-state index contributed by atoms with van der Waals surface area (Å²) in [7, 11) is 0. The molecule has 0 radical (unpaired) electrons. The maximum absolute atomic E-state index is 12.0. The van der Waals surface area contributed by atoms with Crippen LogP contribution in [0.4, 0.5) is 0 Å². The SMILES string of the molecule is O=C(CSc1cccc(Cl)c1)c1ccc(I)cc1. The van der Waals surface area contributed by atoms with Gasteiger partial charge in [-0.25, -0.2) is 0 Å². The first kappa shape index (κ1) is 13.9. The fraction of sp³-hybridized carbons (Fsp3) is 0.0714. The molecule has 0 aromatic heterocycles. The third-order valence-corrected chi connectivity index (χ3v) is 4.28. The Bertz CT molecular complexity index is 554. The first-order chi connectivity index (χ1) is 8.65. The highest BCUT2D eigenvalue weighted by Crippen LogP contribution is 2.22. The van der Waals surface area contributed by atoms with Crippen LogP contribution in [-0.2, 0) is 0 Å². The van der Waals surface area contributed by atoms with Gasteiger partial charge in [-0.1, -0.05) is 29.8 Å². The molecule has 0 amide bonds. The van der Waals surface area contributed by atoms with Gasteiger partial charge in [-0.2, -0.15) is 0 Å². The summed E-state index contributed by atoms with van der Waals surface area (Å²) in [5.41, 5.74) is 0.755. The first-order valence-corrected chi connectivity index (χ1v) is 7.76.